The van der Waals surface area contributed by atoms with E-state index < -0.39 is 5.60 Å². The maximum Gasteiger partial charge on any atom is 0.0669 e. The zero-order chi connectivity index (χ0) is 6.91. The lowest BCUT2D eigenvalue weighted by Crippen LogP contribution is -2.46. The van der Waals surface area contributed by atoms with Crippen molar-refractivity contribution in [2.24, 2.45) is 5.92 Å². The molecule has 2 atom stereocenters. The van der Waals surface area contributed by atoms with Gasteiger partial charge in [-0.1, -0.05) is 6.92 Å². The van der Waals surface area contributed by atoms with E-state index in [9.17, 15) is 5.11 Å². The Morgan fingerprint density at radius 2 is 2.33 bits per heavy atom. The normalized spacial score (nSPS) is 45.0. The largest absolute Gasteiger partial charge is 0.390 e. The maximum absolute atomic E-state index is 9.60. The SMILES string of the molecule is C[C@@H]1CNCC[C@@]1(C)O. The van der Waals surface area contributed by atoms with Crippen molar-refractivity contribution in [2.75, 3.05) is 13.1 Å². The van der Waals surface area contributed by atoms with E-state index in [0.29, 0.717) is 5.92 Å². The Balaban J connectivity index is 2.49. The lowest BCUT2D eigenvalue weighted by Gasteiger charge is -2.35. The Hall–Kier alpha value is -0.0800. The van der Waals surface area contributed by atoms with Crippen LogP contribution in [0.5, 0.6) is 0 Å². The maximum atomic E-state index is 9.60. The van der Waals surface area contributed by atoms with Crippen LogP contribution in [0.25, 0.3) is 0 Å². The first-order valence-corrected chi connectivity index (χ1v) is 3.56. The van der Waals surface area contributed by atoms with Crippen LogP contribution in [-0.2, 0) is 0 Å². The minimum atomic E-state index is -0.425. The van der Waals surface area contributed by atoms with Gasteiger partial charge in [-0.15, -0.1) is 0 Å². The zero-order valence-electron chi connectivity index (χ0n) is 6.15. The number of rotatable bonds is 0. The Labute approximate surface area is 56.3 Å². The first kappa shape index (κ1) is 7.03. The van der Waals surface area contributed by atoms with Gasteiger partial charge >= 0.3 is 0 Å². The van der Waals surface area contributed by atoms with Gasteiger partial charge < -0.3 is 10.4 Å². The summed E-state index contributed by atoms with van der Waals surface area (Å²) < 4.78 is 0. The van der Waals surface area contributed by atoms with Crippen molar-refractivity contribution in [3.63, 3.8) is 0 Å². The van der Waals surface area contributed by atoms with Crippen molar-refractivity contribution in [2.45, 2.75) is 25.9 Å². The minimum Gasteiger partial charge on any atom is -0.390 e. The molecule has 0 aromatic carbocycles. The number of hydrogen-bond donors (Lipinski definition) is 2. The molecule has 0 unspecified atom stereocenters. The Bertz CT molecular complexity index is 101. The summed E-state index contributed by atoms with van der Waals surface area (Å²) in [6, 6.07) is 0. The predicted octanol–water partition coefficient (Wildman–Crippen LogP) is 0.367. The van der Waals surface area contributed by atoms with Crippen molar-refractivity contribution in [1.82, 2.24) is 5.32 Å². The van der Waals surface area contributed by atoms with E-state index in [0.717, 1.165) is 19.5 Å². The molecule has 2 nitrogen and oxygen atoms in total. The molecule has 2 N–H and O–H groups in total. The summed E-state index contributed by atoms with van der Waals surface area (Å²) in [6.07, 6.45) is 0.883. The van der Waals surface area contributed by atoms with Crippen LogP contribution in [0.2, 0.25) is 0 Å². The standard InChI is InChI=1S/C7H15NO/c1-6-5-8-4-3-7(6,2)9/h6,8-9H,3-5H2,1-2H3/t6-,7-/m1/s1. The third-order valence-corrected chi connectivity index (χ3v) is 2.32. The van der Waals surface area contributed by atoms with Gasteiger partial charge in [0.15, 0.2) is 0 Å². The molecule has 0 spiro atoms. The first-order chi connectivity index (χ1) is 4.13. The molecule has 1 heterocycles. The molecule has 0 saturated carbocycles. The lowest BCUT2D eigenvalue weighted by atomic mass is 9.85. The number of aliphatic hydroxyl groups is 1. The smallest absolute Gasteiger partial charge is 0.0669 e. The number of nitrogens with one attached hydrogen (secondary N) is 1. The molecule has 0 aliphatic carbocycles. The highest BCUT2D eigenvalue weighted by Gasteiger charge is 2.30. The fourth-order valence-electron chi connectivity index (χ4n) is 1.13. The molecule has 1 aliphatic heterocycles. The van der Waals surface area contributed by atoms with Crippen LogP contribution in [0, 0.1) is 5.92 Å². The van der Waals surface area contributed by atoms with Gasteiger partial charge in [0.05, 0.1) is 5.60 Å². The van der Waals surface area contributed by atoms with Crippen molar-refractivity contribution < 1.29 is 5.11 Å². The van der Waals surface area contributed by atoms with Crippen molar-refractivity contribution in [3.05, 3.63) is 0 Å². The van der Waals surface area contributed by atoms with Crippen molar-refractivity contribution in [3.8, 4) is 0 Å². The highest BCUT2D eigenvalue weighted by Crippen LogP contribution is 2.22. The molecule has 9 heavy (non-hydrogen) atoms. The van der Waals surface area contributed by atoms with Gasteiger partial charge in [-0.3, -0.25) is 0 Å². The molecular weight excluding hydrogens is 114 g/mol. The topological polar surface area (TPSA) is 32.3 Å². The van der Waals surface area contributed by atoms with Crippen molar-refractivity contribution >= 4 is 0 Å². The zero-order valence-corrected chi connectivity index (χ0v) is 6.15. The molecule has 0 radical (unpaired) electrons. The van der Waals surface area contributed by atoms with Crippen LogP contribution in [0.15, 0.2) is 0 Å². The molecule has 0 bridgehead atoms. The molecule has 1 fully saturated rings. The van der Waals surface area contributed by atoms with E-state index in [2.05, 4.69) is 12.2 Å². The van der Waals surface area contributed by atoms with E-state index >= 15 is 0 Å². The highest BCUT2D eigenvalue weighted by atomic mass is 16.3. The second-order valence-electron chi connectivity index (χ2n) is 3.21. The fraction of sp³-hybridized carbons (Fsp3) is 1.00. The van der Waals surface area contributed by atoms with E-state index in [1.165, 1.54) is 0 Å². The molecule has 1 saturated heterocycles. The van der Waals surface area contributed by atoms with E-state index in [-0.39, 0.29) is 0 Å². The summed E-state index contributed by atoms with van der Waals surface area (Å²) >= 11 is 0. The van der Waals surface area contributed by atoms with Gasteiger partial charge in [0, 0.05) is 6.54 Å². The molecule has 54 valence electrons. The molecule has 1 aliphatic rings. The number of piperidine rings is 1. The summed E-state index contributed by atoms with van der Waals surface area (Å²) in [5, 5.41) is 12.8. The quantitative estimate of drug-likeness (QED) is 0.495. The van der Waals surface area contributed by atoms with Crippen LogP contribution in [-0.4, -0.2) is 23.8 Å². The van der Waals surface area contributed by atoms with Gasteiger partial charge in [0.1, 0.15) is 0 Å². The van der Waals surface area contributed by atoms with Crippen LogP contribution < -0.4 is 5.32 Å². The van der Waals surface area contributed by atoms with E-state index in [4.69, 9.17) is 0 Å². The third kappa shape index (κ3) is 1.43. The lowest BCUT2D eigenvalue weighted by molar-refractivity contribution is -0.0160. The molecule has 0 amide bonds. The van der Waals surface area contributed by atoms with Gasteiger partial charge in [-0.25, -0.2) is 0 Å². The van der Waals surface area contributed by atoms with Gasteiger partial charge in [0.2, 0.25) is 0 Å². The first-order valence-electron chi connectivity index (χ1n) is 3.56. The predicted molar refractivity (Wildman–Crippen MR) is 37.3 cm³/mol. The van der Waals surface area contributed by atoms with Crippen LogP contribution in [0.3, 0.4) is 0 Å². The van der Waals surface area contributed by atoms with Gasteiger partial charge in [-0.05, 0) is 25.8 Å². The average Bonchev–Trinajstić information content (AvgIpc) is 1.77. The Morgan fingerprint density at radius 3 is 2.67 bits per heavy atom. The van der Waals surface area contributed by atoms with Gasteiger partial charge in [0.25, 0.3) is 0 Å². The summed E-state index contributed by atoms with van der Waals surface area (Å²) in [4.78, 5) is 0. The van der Waals surface area contributed by atoms with E-state index in [1.54, 1.807) is 0 Å². The Kier molecular flexibility index (Phi) is 1.78. The second kappa shape index (κ2) is 2.27. The summed E-state index contributed by atoms with van der Waals surface area (Å²) in [6.45, 7) is 5.90. The molecule has 0 aromatic heterocycles. The van der Waals surface area contributed by atoms with Crippen molar-refractivity contribution in [1.29, 1.82) is 0 Å². The van der Waals surface area contributed by atoms with Crippen LogP contribution >= 0.6 is 0 Å². The average molecular weight is 129 g/mol. The molecule has 2 heteroatoms. The summed E-state index contributed by atoms with van der Waals surface area (Å²) in [7, 11) is 0. The minimum absolute atomic E-state index is 0.395. The monoisotopic (exact) mass is 129 g/mol. The second-order valence-corrected chi connectivity index (χ2v) is 3.21. The summed E-state index contributed by atoms with van der Waals surface area (Å²) in [5.74, 6) is 0.395. The fourth-order valence-corrected chi connectivity index (χ4v) is 1.13. The Morgan fingerprint density at radius 1 is 1.67 bits per heavy atom. The third-order valence-electron chi connectivity index (χ3n) is 2.32. The van der Waals surface area contributed by atoms with Crippen LogP contribution in [0.4, 0.5) is 0 Å². The highest BCUT2D eigenvalue weighted by molar-refractivity contribution is 4.85. The van der Waals surface area contributed by atoms with Gasteiger partial charge in [-0.2, -0.15) is 0 Å². The number of hydrogen-bond acceptors (Lipinski definition) is 2. The molecular formula is C7H15NO. The van der Waals surface area contributed by atoms with Crippen LogP contribution in [0.1, 0.15) is 20.3 Å². The van der Waals surface area contributed by atoms with E-state index in [1.807, 2.05) is 6.92 Å². The summed E-state index contributed by atoms with van der Waals surface area (Å²) in [5.41, 5.74) is -0.425. The molecule has 1 rings (SSSR count). The molecule has 0 aromatic rings.